The van der Waals surface area contributed by atoms with E-state index in [1.807, 2.05) is 30.3 Å². The summed E-state index contributed by atoms with van der Waals surface area (Å²) in [4.78, 5) is 25.0. The van der Waals surface area contributed by atoms with Gasteiger partial charge in [0.15, 0.2) is 5.82 Å². The highest BCUT2D eigenvalue weighted by Gasteiger charge is 2.39. The first kappa shape index (κ1) is 21.0. The van der Waals surface area contributed by atoms with Gasteiger partial charge in [0.1, 0.15) is 15.4 Å². The van der Waals surface area contributed by atoms with Crippen molar-refractivity contribution in [2.24, 2.45) is 0 Å². The topological polar surface area (TPSA) is 64.5 Å². The summed E-state index contributed by atoms with van der Waals surface area (Å²) in [6.07, 6.45) is 3.60. The molecule has 0 aliphatic heterocycles. The molecule has 0 amide bonds. The maximum atomic E-state index is 5.17. The number of rotatable bonds is 3. The van der Waals surface area contributed by atoms with Crippen LogP contribution in [0.1, 0.15) is 25.0 Å². The zero-order valence-corrected chi connectivity index (χ0v) is 20.6. The predicted octanol–water partition coefficient (Wildman–Crippen LogP) is 7.18. The van der Waals surface area contributed by atoms with Crippen LogP contribution in [0.3, 0.4) is 0 Å². The minimum Gasteiger partial charge on any atom is -0.254 e. The molecule has 0 unspecified atom stereocenters. The van der Waals surface area contributed by atoms with Gasteiger partial charge in [-0.15, -0.1) is 0 Å². The fraction of sp³-hybridized carbons (Fsp3) is 0.100. The molecule has 0 spiro atoms. The standard InChI is InChI=1S/C30H21N5S/c1-30(2)21-12-7-6-11-20(21)26-24(30)25(18-9-4-3-5-10-18)34-27(35-26)19-14-16-31-23(17-19)29-33-22-13-8-15-32-28(22)36-29/h3-17H,1-2H3. The van der Waals surface area contributed by atoms with E-state index < -0.39 is 0 Å². The molecule has 0 N–H and O–H groups in total. The first-order valence-electron chi connectivity index (χ1n) is 11.9. The second-order valence-electron chi connectivity index (χ2n) is 9.43. The van der Waals surface area contributed by atoms with Gasteiger partial charge in [-0.1, -0.05) is 79.8 Å². The van der Waals surface area contributed by atoms with Crippen molar-refractivity contribution in [1.29, 1.82) is 0 Å². The lowest BCUT2D eigenvalue weighted by atomic mass is 9.81. The van der Waals surface area contributed by atoms with Crippen molar-refractivity contribution in [2.45, 2.75) is 19.3 Å². The van der Waals surface area contributed by atoms with Crippen molar-refractivity contribution >= 4 is 21.7 Å². The quantitative estimate of drug-likeness (QED) is 0.267. The van der Waals surface area contributed by atoms with Crippen LogP contribution >= 0.6 is 11.3 Å². The molecule has 172 valence electrons. The lowest BCUT2D eigenvalue weighted by molar-refractivity contribution is 0.658. The van der Waals surface area contributed by atoms with E-state index >= 15 is 0 Å². The molecule has 4 aromatic heterocycles. The average Bonchev–Trinajstić information content (AvgIpc) is 3.46. The molecule has 0 atom stereocenters. The second-order valence-corrected chi connectivity index (χ2v) is 10.4. The molecule has 0 saturated heterocycles. The maximum absolute atomic E-state index is 5.17. The average molecular weight is 484 g/mol. The normalized spacial score (nSPS) is 13.5. The summed E-state index contributed by atoms with van der Waals surface area (Å²) in [6, 6.07) is 26.8. The molecule has 2 aromatic carbocycles. The minimum atomic E-state index is -0.201. The minimum absolute atomic E-state index is 0.201. The van der Waals surface area contributed by atoms with Crippen LogP contribution in [0.4, 0.5) is 0 Å². The first-order valence-corrected chi connectivity index (χ1v) is 12.7. The summed E-state index contributed by atoms with van der Waals surface area (Å²) in [5, 5.41) is 0.835. The van der Waals surface area contributed by atoms with Gasteiger partial charge in [-0.25, -0.2) is 19.9 Å². The van der Waals surface area contributed by atoms with Crippen molar-refractivity contribution < 1.29 is 0 Å². The van der Waals surface area contributed by atoms with E-state index in [4.69, 9.17) is 15.0 Å². The number of fused-ring (bicyclic) bond motifs is 4. The number of aromatic nitrogens is 5. The van der Waals surface area contributed by atoms with E-state index in [-0.39, 0.29) is 5.41 Å². The molecule has 1 aliphatic rings. The number of nitrogens with zero attached hydrogens (tertiary/aromatic N) is 5. The molecule has 4 heterocycles. The Hall–Kier alpha value is -4.29. The van der Waals surface area contributed by atoms with Crippen LogP contribution in [0.15, 0.2) is 91.3 Å². The Morgan fingerprint density at radius 1 is 0.694 bits per heavy atom. The number of hydrogen-bond acceptors (Lipinski definition) is 6. The van der Waals surface area contributed by atoms with E-state index in [1.54, 1.807) is 12.4 Å². The summed E-state index contributed by atoms with van der Waals surface area (Å²) < 4.78 is 0. The number of pyridine rings is 2. The lowest BCUT2D eigenvalue weighted by Gasteiger charge is -2.23. The number of thiazole rings is 1. The summed E-state index contributed by atoms with van der Waals surface area (Å²) in [5.74, 6) is 0.683. The van der Waals surface area contributed by atoms with Gasteiger partial charge in [-0.2, -0.15) is 0 Å². The Balaban J connectivity index is 1.45. The molecule has 0 radical (unpaired) electrons. The Bertz CT molecular complexity index is 1740. The highest BCUT2D eigenvalue weighted by Crippen LogP contribution is 2.51. The van der Waals surface area contributed by atoms with Crippen LogP contribution < -0.4 is 0 Å². The predicted molar refractivity (Wildman–Crippen MR) is 145 cm³/mol. The van der Waals surface area contributed by atoms with Gasteiger partial charge in [-0.3, -0.25) is 4.98 Å². The second kappa shape index (κ2) is 7.86. The zero-order chi connectivity index (χ0) is 24.3. The van der Waals surface area contributed by atoms with Gasteiger partial charge in [0.05, 0.1) is 17.1 Å². The van der Waals surface area contributed by atoms with Gasteiger partial charge in [-0.05, 0) is 29.8 Å². The van der Waals surface area contributed by atoms with Gasteiger partial charge >= 0.3 is 0 Å². The molecular weight excluding hydrogens is 462 g/mol. The molecule has 0 saturated carbocycles. The third-order valence-electron chi connectivity index (χ3n) is 6.84. The molecule has 7 rings (SSSR count). The van der Waals surface area contributed by atoms with Gasteiger partial charge in [0.25, 0.3) is 0 Å². The first-order chi connectivity index (χ1) is 17.6. The van der Waals surface area contributed by atoms with Crippen molar-refractivity contribution in [3.63, 3.8) is 0 Å². The Kier molecular flexibility index (Phi) is 4.59. The van der Waals surface area contributed by atoms with Crippen molar-refractivity contribution in [3.8, 4) is 44.6 Å². The third-order valence-corrected chi connectivity index (χ3v) is 7.84. The molecule has 0 bridgehead atoms. The molecule has 5 nitrogen and oxygen atoms in total. The van der Waals surface area contributed by atoms with E-state index in [2.05, 4.69) is 72.3 Å². The summed E-state index contributed by atoms with van der Waals surface area (Å²) in [6.45, 7) is 4.53. The SMILES string of the molecule is CC1(C)c2ccccc2-c2nc(-c3ccnc(-c4nc5cccnc5s4)c3)nc(-c3ccccc3)c21. The summed E-state index contributed by atoms with van der Waals surface area (Å²) in [5.41, 5.74) is 9.06. The van der Waals surface area contributed by atoms with Crippen molar-refractivity contribution in [2.75, 3.05) is 0 Å². The Morgan fingerprint density at radius 2 is 1.50 bits per heavy atom. The fourth-order valence-electron chi connectivity index (χ4n) is 5.12. The van der Waals surface area contributed by atoms with Crippen LogP contribution in [0.2, 0.25) is 0 Å². The number of hydrogen-bond donors (Lipinski definition) is 0. The summed E-state index contributed by atoms with van der Waals surface area (Å²) >= 11 is 1.54. The van der Waals surface area contributed by atoms with E-state index in [0.29, 0.717) is 5.82 Å². The van der Waals surface area contributed by atoms with Crippen LogP contribution in [0.25, 0.3) is 55.0 Å². The Labute approximate surface area is 212 Å². The monoisotopic (exact) mass is 483 g/mol. The Morgan fingerprint density at radius 3 is 2.36 bits per heavy atom. The van der Waals surface area contributed by atoms with E-state index in [0.717, 1.165) is 43.6 Å². The maximum Gasteiger partial charge on any atom is 0.160 e. The highest BCUT2D eigenvalue weighted by atomic mass is 32.1. The largest absolute Gasteiger partial charge is 0.254 e. The molecule has 1 aliphatic carbocycles. The van der Waals surface area contributed by atoms with Crippen LogP contribution in [0.5, 0.6) is 0 Å². The molecular formula is C30H21N5S. The molecule has 6 aromatic rings. The highest BCUT2D eigenvalue weighted by molar-refractivity contribution is 7.21. The summed E-state index contributed by atoms with van der Waals surface area (Å²) in [7, 11) is 0. The van der Waals surface area contributed by atoms with Crippen molar-refractivity contribution in [1.82, 2.24) is 24.9 Å². The smallest absolute Gasteiger partial charge is 0.160 e. The van der Waals surface area contributed by atoms with Crippen LogP contribution in [-0.2, 0) is 5.41 Å². The molecule has 0 fully saturated rings. The van der Waals surface area contributed by atoms with Gasteiger partial charge < -0.3 is 0 Å². The fourth-order valence-corrected chi connectivity index (χ4v) is 5.99. The van der Waals surface area contributed by atoms with Crippen LogP contribution in [-0.4, -0.2) is 24.9 Å². The number of benzene rings is 2. The van der Waals surface area contributed by atoms with Crippen molar-refractivity contribution in [3.05, 3.63) is 102 Å². The van der Waals surface area contributed by atoms with Gasteiger partial charge in [0.2, 0.25) is 0 Å². The van der Waals surface area contributed by atoms with E-state index in [9.17, 15) is 0 Å². The van der Waals surface area contributed by atoms with Crippen LogP contribution in [0, 0.1) is 0 Å². The lowest BCUT2D eigenvalue weighted by Crippen LogP contribution is -2.17. The third kappa shape index (κ3) is 3.18. The molecule has 36 heavy (non-hydrogen) atoms. The van der Waals surface area contributed by atoms with Gasteiger partial charge in [0, 0.05) is 40.1 Å². The zero-order valence-electron chi connectivity index (χ0n) is 19.8. The molecule has 6 heteroatoms. The van der Waals surface area contributed by atoms with E-state index in [1.165, 1.54) is 28.0 Å².